The van der Waals surface area contributed by atoms with Crippen molar-refractivity contribution in [1.82, 2.24) is 15.0 Å². The van der Waals surface area contributed by atoms with Crippen LogP contribution in [0.3, 0.4) is 0 Å². The lowest BCUT2D eigenvalue weighted by Crippen LogP contribution is -2.46. The molecule has 2 N–H and O–H groups in total. The van der Waals surface area contributed by atoms with Crippen molar-refractivity contribution in [2.24, 2.45) is 0 Å². The van der Waals surface area contributed by atoms with Gasteiger partial charge in [-0.05, 0) is 61.9 Å². The number of aliphatic carboxylic acids is 1. The van der Waals surface area contributed by atoms with Crippen molar-refractivity contribution in [3.05, 3.63) is 64.6 Å². The van der Waals surface area contributed by atoms with Crippen LogP contribution in [-0.2, 0) is 28.3 Å². The summed E-state index contributed by atoms with van der Waals surface area (Å²) >= 11 is 0. The topological polar surface area (TPSA) is 160 Å². The number of amides is 1. The molecule has 2 aromatic heterocycles. The number of aromatic nitrogens is 3. The average Bonchev–Trinajstić information content (AvgIpc) is 3.09. The Morgan fingerprint density at radius 2 is 1.75 bits per heavy atom. The third-order valence-electron chi connectivity index (χ3n) is 8.07. The number of halogens is 6. The summed E-state index contributed by atoms with van der Waals surface area (Å²) < 4.78 is 98.3. The minimum Gasteiger partial charge on any atom is -0.490 e. The van der Waals surface area contributed by atoms with Gasteiger partial charge in [-0.25, -0.2) is 19.7 Å². The van der Waals surface area contributed by atoms with E-state index >= 15 is 0 Å². The number of ether oxygens (including phenoxy) is 3. The van der Waals surface area contributed by atoms with Crippen LogP contribution in [0.5, 0.6) is 11.6 Å². The Bertz CT molecular complexity index is 1730. The quantitative estimate of drug-likeness (QED) is 0.116. The summed E-state index contributed by atoms with van der Waals surface area (Å²) in [5.74, 6) is -0.787. The number of methoxy groups -OCH3 is 1. The van der Waals surface area contributed by atoms with Gasteiger partial charge >= 0.3 is 24.4 Å². The zero-order valence-corrected chi connectivity index (χ0v) is 28.2. The van der Waals surface area contributed by atoms with E-state index < -0.39 is 54.0 Å². The van der Waals surface area contributed by atoms with Crippen molar-refractivity contribution >= 4 is 23.7 Å². The fourth-order valence-electron chi connectivity index (χ4n) is 5.57. The van der Waals surface area contributed by atoms with E-state index in [4.69, 9.17) is 24.6 Å². The van der Waals surface area contributed by atoms with Crippen LogP contribution in [0.25, 0.3) is 0 Å². The molecule has 12 nitrogen and oxygen atoms in total. The third-order valence-corrected chi connectivity index (χ3v) is 8.07. The molecule has 0 radical (unpaired) electrons. The number of unbranched alkanes of at least 4 members (excludes halogenated alkanes) is 2. The number of hydrogen-bond donors (Lipinski definition) is 2. The predicted octanol–water partition coefficient (Wildman–Crippen LogP) is 7.72. The van der Waals surface area contributed by atoms with E-state index in [0.717, 1.165) is 0 Å². The number of anilines is 2. The smallest absolute Gasteiger partial charge is 0.416 e. The highest BCUT2D eigenvalue weighted by Crippen LogP contribution is 2.41. The lowest BCUT2D eigenvalue weighted by molar-refractivity contribution is -0.143. The standard InChI is InChI=1S/C34H36F6N6O6/c1-3-23-18-25(30-26(9-10-28(45-30)50-2)46(23)32(49)52-13-6-4-8-29(47)48)44-31-42-19-27(51-12-7-5-11-41)24(43-31)16-20-14-21(33(35,36)37)17-22(15-20)34(38,39)40/h9-10,14-15,17,19,23,25H,3-8,12-13,16,18H2,1-2H3,(H,47,48)(H,42,43,44)/t23-,25+/m1/s1. The fourth-order valence-corrected chi connectivity index (χ4v) is 5.57. The minimum atomic E-state index is -5.05. The van der Waals surface area contributed by atoms with E-state index in [1.165, 1.54) is 18.2 Å². The monoisotopic (exact) mass is 738 g/mol. The number of alkyl halides is 6. The van der Waals surface area contributed by atoms with Gasteiger partial charge in [0, 0.05) is 31.4 Å². The van der Waals surface area contributed by atoms with Gasteiger partial charge in [-0.3, -0.25) is 9.69 Å². The van der Waals surface area contributed by atoms with Gasteiger partial charge in [0.25, 0.3) is 0 Å². The van der Waals surface area contributed by atoms with Crippen molar-refractivity contribution in [3.63, 3.8) is 0 Å². The molecule has 0 saturated heterocycles. The van der Waals surface area contributed by atoms with Crippen molar-refractivity contribution in [3.8, 4) is 17.7 Å². The summed E-state index contributed by atoms with van der Waals surface area (Å²) in [6.45, 7) is 1.86. The number of nitrogens with zero attached hydrogens (tertiary/aromatic N) is 5. The normalized spacial score (nSPS) is 15.7. The Balaban J connectivity index is 1.68. The number of nitriles is 1. The average molecular weight is 739 g/mol. The van der Waals surface area contributed by atoms with Gasteiger partial charge in [0.15, 0.2) is 5.75 Å². The summed E-state index contributed by atoms with van der Waals surface area (Å²) in [6.07, 6.45) is -8.25. The molecule has 0 bridgehead atoms. The molecule has 4 rings (SSSR count). The SMILES string of the molecule is CC[C@@H]1C[C@H](Nc2ncc(OCCCC#N)c(Cc3cc(C(F)(F)F)cc(C(F)(F)F)c3)n2)c2nc(OC)ccc2N1C(=O)OCCCCC(=O)O. The maximum Gasteiger partial charge on any atom is 0.416 e. The summed E-state index contributed by atoms with van der Waals surface area (Å²) in [6, 6.07) is 5.32. The fraction of sp³-hybridized carbons (Fsp3) is 0.471. The van der Waals surface area contributed by atoms with Crippen molar-refractivity contribution < 1.29 is 55.2 Å². The van der Waals surface area contributed by atoms with Crippen LogP contribution >= 0.6 is 0 Å². The Morgan fingerprint density at radius 1 is 1.04 bits per heavy atom. The van der Waals surface area contributed by atoms with Crippen LogP contribution in [0.2, 0.25) is 0 Å². The molecule has 1 amide bonds. The number of carbonyl (C=O) groups is 2. The van der Waals surface area contributed by atoms with Crippen molar-refractivity contribution in [2.75, 3.05) is 30.5 Å². The lowest BCUT2D eigenvalue weighted by Gasteiger charge is -2.39. The van der Waals surface area contributed by atoms with E-state index in [2.05, 4.69) is 20.3 Å². The molecule has 52 heavy (non-hydrogen) atoms. The first-order chi connectivity index (χ1) is 24.6. The highest BCUT2D eigenvalue weighted by Gasteiger charge is 2.39. The second-order valence-electron chi connectivity index (χ2n) is 11.8. The number of rotatable bonds is 15. The van der Waals surface area contributed by atoms with Gasteiger partial charge in [-0.2, -0.15) is 31.6 Å². The molecular weight excluding hydrogens is 702 g/mol. The number of carboxylic acids is 1. The van der Waals surface area contributed by atoms with Gasteiger partial charge < -0.3 is 24.6 Å². The summed E-state index contributed by atoms with van der Waals surface area (Å²) in [5, 5.41) is 20.9. The van der Waals surface area contributed by atoms with E-state index in [0.29, 0.717) is 49.2 Å². The predicted molar refractivity (Wildman–Crippen MR) is 173 cm³/mol. The summed E-state index contributed by atoms with van der Waals surface area (Å²) in [4.78, 5) is 38.9. The van der Waals surface area contributed by atoms with E-state index in [1.807, 2.05) is 13.0 Å². The van der Waals surface area contributed by atoms with E-state index in [-0.39, 0.29) is 67.4 Å². The molecule has 0 fully saturated rings. The molecule has 18 heteroatoms. The van der Waals surface area contributed by atoms with Crippen LogP contribution < -0.4 is 19.7 Å². The Morgan fingerprint density at radius 3 is 2.37 bits per heavy atom. The number of carbonyl (C=O) groups excluding carboxylic acids is 1. The Hall–Kier alpha value is -5.34. The third kappa shape index (κ3) is 10.4. The maximum absolute atomic E-state index is 13.6. The molecule has 2 atom stereocenters. The van der Waals surface area contributed by atoms with Crippen LogP contribution in [0.4, 0.5) is 42.8 Å². The zero-order chi connectivity index (χ0) is 38.1. The Labute approximate surface area is 294 Å². The van der Waals surface area contributed by atoms with Gasteiger partial charge in [0.1, 0.15) is 0 Å². The van der Waals surface area contributed by atoms with Crippen LogP contribution in [0.1, 0.15) is 86.0 Å². The number of carboxylic acid groups (broad SMARTS) is 1. The number of nitrogens with one attached hydrogen (secondary N) is 1. The zero-order valence-electron chi connectivity index (χ0n) is 28.2. The van der Waals surface area contributed by atoms with Gasteiger partial charge in [0.2, 0.25) is 11.8 Å². The molecule has 280 valence electrons. The first-order valence-electron chi connectivity index (χ1n) is 16.3. The van der Waals surface area contributed by atoms with Crippen molar-refractivity contribution in [2.45, 2.75) is 82.7 Å². The molecule has 0 spiro atoms. The van der Waals surface area contributed by atoms with Crippen molar-refractivity contribution in [1.29, 1.82) is 5.26 Å². The number of fused-ring (bicyclic) bond motifs is 1. The van der Waals surface area contributed by atoms with Gasteiger partial charge in [0.05, 0.1) is 66.8 Å². The molecule has 0 unspecified atom stereocenters. The summed E-state index contributed by atoms with van der Waals surface area (Å²) in [7, 11) is 1.40. The van der Waals surface area contributed by atoms with Gasteiger partial charge in [-0.15, -0.1) is 0 Å². The lowest BCUT2D eigenvalue weighted by atomic mass is 9.93. The second-order valence-corrected chi connectivity index (χ2v) is 11.8. The highest BCUT2D eigenvalue weighted by molar-refractivity contribution is 5.90. The number of pyridine rings is 1. The number of benzene rings is 1. The summed E-state index contributed by atoms with van der Waals surface area (Å²) in [5.41, 5.74) is -2.57. The minimum absolute atomic E-state index is 0.00186. The molecule has 1 aromatic carbocycles. The molecule has 0 aliphatic carbocycles. The van der Waals surface area contributed by atoms with E-state index in [9.17, 15) is 35.9 Å². The molecule has 0 saturated carbocycles. The first-order valence-corrected chi connectivity index (χ1v) is 16.3. The molecule has 1 aliphatic heterocycles. The maximum atomic E-state index is 13.6. The largest absolute Gasteiger partial charge is 0.490 e. The molecule has 3 aromatic rings. The highest BCUT2D eigenvalue weighted by atomic mass is 19.4. The number of hydrogen-bond acceptors (Lipinski definition) is 10. The van der Waals surface area contributed by atoms with Gasteiger partial charge in [-0.1, -0.05) is 6.92 Å². The first kappa shape index (κ1) is 39.4. The molecule has 3 heterocycles. The Kier molecular flexibility index (Phi) is 13.1. The molecular formula is C34H36F6N6O6. The second kappa shape index (κ2) is 17.2. The van der Waals surface area contributed by atoms with Crippen LogP contribution in [-0.4, -0.2) is 58.5 Å². The van der Waals surface area contributed by atoms with Crippen LogP contribution in [0.15, 0.2) is 36.5 Å². The molecule has 1 aliphatic rings. The van der Waals surface area contributed by atoms with Crippen LogP contribution in [0, 0.1) is 11.3 Å². The van der Waals surface area contributed by atoms with E-state index in [1.54, 1.807) is 12.1 Å².